The minimum Gasteiger partial charge on any atom is -0.497 e. The van der Waals surface area contributed by atoms with Crippen molar-refractivity contribution in [2.45, 2.75) is 12.8 Å². The summed E-state index contributed by atoms with van der Waals surface area (Å²) < 4.78 is 5.62. The van der Waals surface area contributed by atoms with Gasteiger partial charge in [-0.2, -0.15) is 0 Å². The largest absolute Gasteiger partial charge is 0.497 e. The van der Waals surface area contributed by atoms with Crippen LogP contribution in [0.3, 0.4) is 0 Å². The van der Waals surface area contributed by atoms with Gasteiger partial charge in [0.15, 0.2) is 0 Å². The van der Waals surface area contributed by atoms with Gasteiger partial charge in [-0.3, -0.25) is 0 Å². The van der Waals surface area contributed by atoms with E-state index in [1.165, 1.54) is 5.57 Å². The maximum atomic E-state index is 5.73. The second-order valence-corrected chi connectivity index (χ2v) is 4.01. The van der Waals surface area contributed by atoms with E-state index in [2.05, 4.69) is 11.0 Å². The number of halogens is 1. The number of allylic oxidation sites excluding steroid dienone is 4. The molecule has 0 saturated carbocycles. The molecule has 2 nitrogen and oxygen atoms in total. The molecule has 0 saturated heterocycles. The predicted octanol–water partition coefficient (Wildman–Crippen LogP) is 2.41. The summed E-state index contributed by atoms with van der Waals surface area (Å²) in [4.78, 5) is 2.11. The Kier molecular flexibility index (Phi) is 5.05. The summed E-state index contributed by atoms with van der Waals surface area (Å²) in [6.07, 6.45) is 6.14. The summed E-state index contributed by atoms with van der Waals surface area (Å²) in [5, 5.41) is 0. The normalized spacial score (nSPS) is 16.6. The zero-order valence-corrected chi connectivity index (χ0v) is 9.68. The molecule has 80 valence electrons. The molecule has 0 atom stereocenters. The minimum absolute atomic E-state index is 0.640. The lowest BCUT2D eigenvalue weighted by molar-refractivity contribution is 0.175. The first kappa shape index (κ1) is 11.6. The Morgan fingerprint density at radius 2 is 2.14 bits per heavy atom. The minimum atomic E-state index is 0.640. The van der Waals surface area contributed by atoms with Crippen LogP contribution in [-0.4, -0.2) is 38.0 Å². The summed E-state index contributed by atoms with van der Waals surface area (Å²) in [5.74, 6) is 1.72. The van der Waals surface area contributed by atoms with E-state index in [9.17, 15) is 0 Å². The summed E-state index contributed by atoms with van der Waals surface area (Å²) >= 11 is 5.73. The van der Waals surface area contributed by atoms with Crippen LogP contribution in [0.2, 0.25) is 0 Å². The van der Waals surface area contributed by atoms with Gasteiger partial charge >= 0.3 is 0 Å². The van der Waals surface area contributed by atoms with Crippen LogP contribution in [0.1, 0.15) is 12.8 Å². The standard InChI is InChI=1S/C11H18ClNO/c1-13(2)7-8-14-11-5-3-10(9-12)4-6-11/h3,5H,4,6-9H2,1-2H3. The molecule has 1 rings (SSSR count). The van der Waals surface area contributed by atoms with Crippen LogP contribution in [0.4, 0.5) is 0 Å². The topological polar surface area (TPSA) is 12.5 Å². The Morgan fingerprint density at radius 3 is 2.64 bits per heavy atom. The van der Waals surface area contributed by atoms with Gasteiger partial charge in [-0.05, 0) is 26.6 Å². The summed E-state index contributed by atoms with van der Waals surface area (Å²) in [6.45, 7) is 1.73. The fourth-order valence-corrected chi connectivity index (χ4v) is 1.47. The van der Waals surface area contributed by atoms with Crippen LogP contribution >= 0.6 is 11.6 Å². The lowest BCUT2D eigenvalue weighted by Crippen LogP contribution is -2.18. The lowest BCUT2D eigenvalue weighted by Gasteiger charge is -2.16. The van der Waals surface area contributed by atoms with E-state index in [1.54, 1.807) is 0 Å². The second kappa shape index (κ2) is 6.10. The Bertz CT molecular complexity index is 233. The Balaban J connectivity index is 2.26. The molecule has 0 spiro atoms. The molecule has 0 aromatic heterocycles. The van der Waals surface area contributed by atoms with Crippen LogP contribution < -0.4 is 0 Å². The van der Waals surface area contributed by atoms with E-state index in [4.69, 9.17) is 16.3 Å². The van der Waals surface area contributed by atoms with E-state index in [0.717, 1.165) is 31.8 Å². The number of ether oxygens (including phenoxy) is 1. The maximum Gasteiger partial charge on any atom is 0.100 e. The third-order valence-corrected chi connectivity index (χ3v) is 2.54. The highest BCUT2D eigenvalue weighted by Crippen LogP contribution is 2.19. The molecule has 0 aromatic rings. The molecular formula is C11H18ClNO. The number of alkyl halides is 1. The molecule has 0 radical (unpaired) electrons. The molecule has 3 heteroatoms. The van der Waals surface area contributed by atoms with Crippen molar-refractivity contribution >= 4 is 11.6 Å². The van der Waals surface area contributed by atoms with Crippen LogP contribution in [-0.2, 0) is 4.74 Å². The molecular weight excluding hydrogens is 198 g/mol. The molecule has 1 aliphatic rings. The summed E-state index contributed by atoms with van der Waals surface area (Å²) in [7, 11) is 4.09. The quantitative estimate of drug-likeness (QED) is 0.654. The fraction of sp³-hybridized carbons (Fsp3) is 0.636. The molecule has 0 aliphatic heterocycles. The van der Waals surface area contributed by atoms with Crippen molar-refractivity contribution in [3.63, 3.8) is 0 Å². The third-order valence-electron chi connectivity index (χ3n) is 2.20. The number of hydrogen-bond acceptors (Lipinski definition) is 2. The number of likely N-dealkylation sites (N-methyl/N-ethyl adjacent to an activating group) is 1. The van der Waals surface area contributed by atoms with Crippen LogP contribution in [0, 0.1) is 0 Å². The highest BCUT2D eigenvalue weighted by molar-refractivity contribution is 6.19. The Labute approximate surface area is 91.2 Å². The van der Waals surface area contributed by atoms with Gasteiger partial charge in [-0.1, -0.05) is 11.6 Å². The average Bonchev–Trinajstić information content (AvgIpc) is 2.18. The Hall–Kier alpha value is -0.470. The molecule has 0 fully saturated rings. The van der Waals surface area contributed by atoms with E-state index in [-0.39, 0.29) is 0 Å². The fourth-order valence-electron chi connectivity index (χ4n) is 1.25. The van der Waals surface area contributed by atoms with Gasteiger partial charge in [-0.25, -0.2) is 0 Å². The zero-order valence-electron chi connectivity index (χ0n) is 8.92. The smallest absolute Gasteiger partial charge is 0.100 e. The van der Waals surface area contributed by atoms with Crippen LogP contribution in [0.15, 0.2) is 23.5 Å². The highest BCUT2D eigenvalue weighted by Gasteiger charge is 2.06. The van der Waals surface area contributed by atoms with Gasteiger partial charge in [0, 0.05) is 18.8 Å². The molecule has 0 unspecified atom stereocenters. The number of hydrogen-bond donors (Lipinski definition) is 0. The van der Waals surface area contributed by atoms with Crippen molar-refractivity contribution in [1.29, 1.82) is 0 Å². The monoisotopic (exact) mass is 215 g/mol. The van der Waals surface area contributed by atoms with Crippen molar-refractivity contribution in [3.05, 3.63) is 23.5 Å². The molecule has 0 amide bonds. The molecule has 14 heavy (non-hydrogen) atoms. The van der Waals surface area contributed by atoms with Gasteiger partial charge in [0.1, 0.15) is 6.61 Å². The predicted molar refractivity (Wildman–Crippen MR) is 60.6 cm³/mol. The first-order valence-corrected chi connectivity index (χ1v) is 5.48. The van der Waals surface area contributed by atoms with E-state index in [0.29, 0.717) is 5.88 Å². The molecule has 1 aliphatic carbocycles. The number of nitrogens with zero attached hydrogens (tertiary/aromatic N) is 1. The lowest BCUT2D eigenvalue weighted by atomic mass is 10.1. The third kappa shape index (κ3) is 4.16. The van der Waals surface area contributed by atoms with E-state index >= 15 is 0 Å². The van der Waals surface area contributed by atoms with Crippen molar-refractivity contribution in [2.24, 2.45) is 0 Å². The first-order chi connectivity index (χ1) is 6.72. The van der Waals surface area contributed by atoms with E-state index in [1.807, 2.05) is 20.2 Å². The molecule has 0 aromatic carbocycles. The number of rotatable bonds is 5. The first-order valence-electron chi connectivity index (χ1n) is 4.94. The van der Waals surface area contributed by atoms with Gasteiger partial charge in [0.2, 0.25) is 0 Å². The summed E-state index contributed by atoms with van der Waals surface area (Å²) in [6, 6.07) is 0. The van der Waals surface area contributed by atoms with Gasteiger partial charge in [0.05, 0.1) is 5.76 Å². The highest BCUT2D eigenvalue weighted by atomic mass is 35.5. The SMILES string of the molecule is CN(C)CCOC1=CC=C(CCl)CC1. The second-order valence-electron chi connectivity index (χ2n) is 3.74. The van der Waals surface area contributed by atoms with Crippen molar-refractivity contribution in [2.75, 3.05) is 33.1 Å². The van der Waals surface area contributed by atoms with Crippen molar-refractivity contribution in [3.8, 4) is 0 Å². The van der Waals surface area contributed by atoms with Crippen LogP contribution in [0.25, 0.3) is 0 Å². The van der Waals surface area contributed by atoms with Crippen LogP contribution in [0.5, 0.6) is 0 Å². The van der Waals surface area contributed by atoms with E-state index < -0.39 is 0 Å². The molecule has 0 N–H and O–H groups in total. The summed E-state index contributed by atoms with van der Waals surface area (Å²) in [5.41, 5.74) is 1.30. The van der Waals surface area contributed by atoms with Crippen molar-refractivity contribution in [1.82, 2.24) is 4.90 Å². The van der Waals surface area contributed by atoms with Gasteiger partial charge in [0.25, 0.3) is 0 Å². The van der Waals surface area contributed by atoms with Gasteiger partial charge < -0.3 is 9.64 Å². The maximum absolute atomic E-state index is 5.73. The molecule has 0 heterocycles. The van der Waals surface area contributed by atoms with Gasteiger partial charge in [-0.15, -0.1) is 11.6 Å². The zero-order chi connectivity index (χ0) is 10.4. The van der Waals surface area contributed by atoms with Crippen molar-refractivity contribution < 1.29 is 4.74 Å². The Morgan fingerprint density at radius 1 is 1.36 bits per heavy atom. The average molecular weight is 216 g/mol. The molecule has 0 bridgehead atoms.